The average Bonchev–Trinajstić information content (AvgIpc) is 2.58. The molecule has 0 spiro atoms. The summed E-state index contributed by atoms with van der Waals surface area (Å²) >= 11 is 6.21. The van der Waals surface area contributed by atoms with Gasteiger partial charge >= 0.3 is 0 Å². The van der Waals surface area contributed by atoms with E-state index in [0.29, 0.717) is 5.92 Å². The van der Waals surface area contributed by atoms with Gasteiger partial charge in [-0.15, -0.1) is 0 Å². The van der Waals surface area contributed by atoms with Crippen molar-refractivity contribution in [3.05, 3.63) is 64.7 Å². The van der Waals surface area contributed by atoms with E-state index < -0.39 is 0 Å². The minimum Gasteiger partial charge on any atom is -0.493 e. The lowest BCUT2D eigenvalue weighted by atomic mass is 10.1. The Balaban J connectivity index is 1.84. The smallest absolute Gasteiger partial charge is 0.124 e. The van der Waals surface area contributed by atoms with Gasteiger partial charge < -0.3 is 10.1 Å². The maximum Gasteiger partial charge on any atom is 0.124 e. The van der Waals surface area contributed by atoms with E-state index in [9.17, 15) is 0 Å². The van der Waals surface area contributed by atoms with Gasteiger partial charge in [-0.05, 0) is 49.9 Å². The zero-order chi connectivity index (χ0) is 17.4. The Labute approximate surface area is 151 Å². The van der Waals surface area contributed by atoms with Crippen molar-refractivity contribution in [3.63, 3.8) is 0 Å². The molecule has 0 saturated carbocycles. The van der Waals surface area contributed by atoms with Crippen LogP contribution in [0, 0.1) is 5.92 Å². The Bertz CT molecular complexity index is 627. The molecule has 0 aliphatic carbocycles. The molecular formula is C21H28ClNO. The van der Waals surface area contributed by atoms with E-state index in [2.05, 4.69) is 50.4 Å². The van der Waals surface area contributed by atoms with E-state index in [4.69, 9.17) is 16.3 Å². The molecule has 2 aromatic rings. The van der Waals surface area contributed by atoms with Gasteiger partial charge in [0.15, 0.2) is 0 Å². The zero-order valence-corrected chi connectivity index (χ0v) is 15.6. The van der Waals surface area contributed by atoms with Crippen LogP contribution < -0.4 is 10.1 Å². The summed E-state index contributed by atoms with van der Waals surface area (Å²) in [5, 5.41) is 4.45. The number of nitrogens with one attached hydrogen (secondary N) is 1. The minimum atomic E-state index is 0.264. The maximum atomic E-state index is 6.21. The van der Waals surface area contributed by atoms with Gasteiger partial charge in [0.1, 0.15) is 5.75 Å². The second-order valence-electron chi connectivity index (χ2n) is 6.61. The first kappa shape index (κ1) is 18.8. The fourth-order valence-corrected chi connectivity index (χ4v) is 2.86. The van der Waals surface area contributed by atoms with Crippen LogP contribution in [0.15, 0.2) is 48.5 Å². The predicted octanol–water partition coefficient (Wildman–Crippen LogP) is 5.66. The molecule has 130 valence electrons. The Morgan fingerprint density at radius 2 is 1.71 bits per heavy atom. The quantitative estimate of drug-likeness (QED) is 0.592. The fourth-order valence-electron chi connectivity index (χ4n) is 2.63. The van der Waals surface area contributed by atoms with Crippen LogP contribution in [0.25, 0.3) is 0 Å². The number of hydrogen-bond acceptors (Lipinski definition) is 2. The van der Waals surface area contributed by atoms with Crippen molar-refractivity contribution in [2.45, 2.75) is 39.7 Å². The molecule has 2 aromatic carbocycles. The highest BCUT2D eigenvalue weighted by Gasteiger charge is 2.11. The second kappa shape index (κ2) is 9.71. The highest BCUT2D eigenvalue weighted by Crippen LogP contribution is 2.25. The summed E-state index contributed by atoms with van der Waals surface area (Å²) < 4.78 is 5.95. The van der Waals surface area contributed by atoms with Crippen LogP contribution in [0.4, 0.5) is 0 Å². The van der Waals surface area contributed by atoms with Gasteiger partial charge in [0, 0.05) is 16.6 Å². The summed E-state index contributed by atoms with van der Waals surface area (Å²) in [6.45, 7) is 8.21. The number of halogens is 1. The number of ether oxygens (including phenoxy) is 1. The second-order valence-corrected chi connectivity index (χ2v) is 7.02. The van der Waals surface area contributed by atoms with Crippen LogP contribution in [0.5, 0.6) is 5.75 Å². The molecule has 0 amide bonds. The minimum absolute atomic E-state index is 0.264. The van der Waals surface area contributed by atoms with Gasteiger partial charge in [-0.3, -0.25) is 0 Å². The van der Waals surface area contributed by atoms with Crippen LogP contribution in [0.3, 0.4) is 0 Å². The van der Waals surface area contributed by atoms with E-state index in [1.165, 1.54) is 11.1 Å². The lowest BCUT2D eigenvalue weighted by Gasteiger charge is -2.19. The Morgan fingerprint density at radius 3 is 2.46 bits per heavy atom. The van der Waals surface area contributed by atoms with E-state index in [-0.39, 0.29) is 6.04 Å². The molecule has 2 nitrogen and oxygen atoms in total. The molecule has 0 radical (unpaired) electrons. The van der Waals surface area contributed by atoms with E-state index in [1.807, 2.05) is 24.3 Å². The van der Waals surface area contributed by atoms with Crippen molar-refractivity contribution >= 4 is 11.6 Å². The first-order valence-electron chi connectivity index (χ1n) is 8.76. The van der Waals surface area contributed by atoms with Crippen molar-refractivity contribution in [3.8, 4) is 5.75 Å². The average molecular weight is 346 g/mol. The lowest BCUT2D eigenvalue weighted by molar-refractivity contribution is 0.266. The van der Waals surface area contributed by atoms with Crippen molar-refractivity contribution in [1.29, 1.82) is 0 Å². The lowest BCUT2D eigenvalue weighted by Crippen LogP contribution is -2.21. The molecule has 2 rings (SSSR count). The van der Waals surface area contributed by atoms with Crippen LogP contribution in [-0.4, -0.2) is 13.2 Å². The molecule has 1 atom stereocenters. The summed E-state index contributed by atoms with van der Waals surface area (Å²) in [6, 6.07) is 16.6. The monoisotopic (exact) mass is 345 g/mol. The van der Waals surface area contributed by atoms with Gasteiger partial charge in [0.25, 0.3) is 0 Å². The zero-order valence-electron chi connectivity index (χ0n) is 14.9. The molecule has 24 heavy (non-hydrogen) atoms. The Hall–Kier alpha value is -1.51. The number of para-hydroxylation sites is 1. The summed E-state index contributed by atoms with van der Waals surface area (Å²) in [4.78, 5) is 0. The van der Waals surface area contributed by atoms with Crippen LogP contribution in [0.2, 0.25) is 5.02 Å². The molecule has 0 unspecified atom stereocenters. The third-order valence-electron chi connectivity index (χ3n) is 3.99. The van der Waals surface area contributed by atoms with Crippen molar-refractivity contribution < 1.29 is 4.74 Å². The molecule has 0 bridgehead atoms. The number of benzene rings is 2. The number of hydrogen-bond donors (Lipinski definition) is 1. The van der Waals surface area contributed by atoms with E-state index in [1.54, 1.807) is 0 Å². The summed E-state index contributed by atoms with van der Waals surface area (Å²) in [5.41, 5.74) is 2.44. The predicted molar refractivity (Wildman–Crippen MR) is 103 cm³/mol. The molecule has 0 fully saturated rings. The van der Waals surface area contributed by atoms with Crippen molar-refractivity contribution in [2.75, 3.05) is 13.2 Å². The topological polar surface area (TPSA) is 21.3 Å². The normalized spacial score (nSPS) is 12.4. The third kappa shape index (κ3) is 5.85. The maximum absolute atomic E-state index is 6.21. The van der Waals surface area contributed by atoms with Crippen molar-refractivity contribution in [2.24, 2.45) is 5.92 Å². The Kier molecular flexibility index (Phi) is 7.61. The fraction of sp³-hybridized carbons (Fsp3) is 0.429. The summed E-state index contributed by atoms with van der Waals surface area (Å²) in [5.74, 6) is 1.51. The SMILES string of the molecule is CC(C)COc1ccccc1[C@@H](C)NCCCc1ccccc1Cl. The number of aryl methyl sites for hydroxylation is 1. The Morgan fingerprint density at radius 1 is 1.00 bits per heavy atom. The van der Waals surface area contributed by atoms with Gasteiger partial charge in [0.05, 0.1) is 6.61 Å². The highest BCUT2D eigenvalue weighted by atomic mass is 35.5. The molecule has 3 heteroatoms. The van der Waals surface area contributed by atoms with Gasteiger partial charge in [0.2, 0.25) is 0 Å². The molecule has 0 heterocycles. The van der Waals surface area contributed by atoms with Gasteiger partial charge in [-0.2, -0.15) is 0 Å². The highest BCUT2D eigenvalue weighted by molar-refractivity contribution is 6.31. The molecular weight excluding hydrogens is 318 g/mol. The third-order valence-corrected chi connectivity index (χ3v) is 4.36. The standard InChI is InChI=1S/C21H28ClNO/c1-16(2)15-24-21-13-7-5-11-19(21)17(3)23-14-8-10-18-9-4-6-12-20(18)22/h4-7,9,11-13,16-17,23H,8,10,14-15H2,1-3H3/t17-/m1/s1. The molecule has 0 saturated heterocycles. The molecule has 1 N–H and O–H groups in total. The van der Waals surface area contributed by atoms with E-state index in [0.717, 1.165) is 36.8 Å². The van der Waals surface area contributed by atoms with Crippen molar-refractivity contribution in [1.82, 2.24) is 5.32 Å². The van der Waals surface area contributed by atoms with Crippen LogP contribution in [-0.2, 0) is 6.42 Å². The molecule has 0 aromatic heterocycles. The van der Waals surface area contributed by atoms with E-state index >= 15 is 0 Å². The van der Waals surface area contributed by atoms with Gasteiger partial charge in [-0.25, -0.2) is 0 Å². The summed E-state index contributed by atoms with van der Waals surface area (Å²) in [7, 11) is 0. The summed E-state index contributed by atoms with van der Waals surface area (Å²) in [6.07, 6.45) is 2.05. The van der Waals surface area contributed by atoms with Crippen LogP contribution in [0.1, 0.15) is 44.4 Å². The number of rotatable bonds is 9. The molecule has 0 aliphatic rings. The molecule has 0 aliphatic heterocycles. The van der Waals surface area contributed by atoms with Gasteiger partial charge in [-0.1, -0.05) is 61.8 Å². The largest absolute Gasteiger partial charge is 0.493 e. The van der Waals surface area contributed by atoms with Crippen LogP contribution >= 0.6 is 11.6 Å². The first-order chi connectivity index (χ1) is 11.6. The first-order valence-corrected chi connectivity index (χ1v) is 9.14.